The molecule has 0 unspecified atom stereocenters. The van der Waals surface area contributed by atoms with Gasteiger partial charge in [0.25, 0.3) is 0 Å². The van der Waals surface area contributed by atoms with Crippen LogP contribution < -0.4 is 5.32 Å². The molecule has 0 spiro atoms. The lowest BCUT2D eigenvalue weighted by molar-refractivity contribution is 0.158. The third-order valence-corrected chi connectivity index (χ3v) is 3.80. The molecular weight excluding hydrogens is 250 g/mol. The Morgan fingerprint density at radius 2 is 1.95 bits per heavy atom. The van der Waals surface area contributed by atoms with Gasteiger partial charge in [0.05, 0.1) is 5.52 Å². The maximum Gasteiger partial charge on any atom is 0.223 e. The van der Waals surface area contributed by atoms with E-state index in [1.54, 1.807) is 0 Å². The molecule has 0 bridgehead atoms. The first-order chi connectivity index (χ1) is 9.81. The Labute approximate surface area is 119 Å². The summed E-state index contributed by atoms with van der Waals surface area (Å²) in [7, 11) is 2.18. The van der Waals surface area contributed by atoms with Crippen LogP contribution >= 0.6 is 0 Å². The number of piperazine rings is 1. The van der Waals surface area contributed by atoms with Gasteiger partial charge in [0.15, 0.2) is 0 Å². The van der Waals surface area contributed by atoms with E-state index in [0.29, 0.717) is 0 Å². The van der Waals surface area contributed by atoms with Crippen molar-refractivity contribution in [3.8, 4) is 0 Å². The van der Waals surface area contributed by atoms with Gasteiger partial charge in [-0.2, -0.15) is 0 Å². The van der Waals surface area contributed by atoms with Crippen LogP contribution in [0.4, 0.5) is 5.95 Å². The molecule has 1 saturated heterocycles. The van der Waals surface area contributed by atoms with Crippen LogP contribution in [-0.4, -0.2) is 66.1 Å². The molecule has 1 aromatic heterocycles. The van der Waals surface area contributed by atoms with E-state index < -0.39 is 0 Å². The number of nitrogens with one attached hydrogen (secondary N) is 1. The number of rotatable bonds is 4. The summed E-state index contributed by atoms with van der Waals surface area (Å²) < 4.78 is 0. The summed E-state index contributed by atoms with van der Waals surface area (Å²) in [4.78, 5) is 13.7. The van der Waals surface area contributed by atoms with Gasteiger partial charge in [0.1, 0.15) is 0 Å². The van der Waals surface area contributed by atoms with Crippen molar-refractivity contribution in [3.05, 3.63) is 30.5 Å². The second-order valence-electron chi connectivity index (χ2n) is 5.32. The minimum absolute atomic E-state index is 0.720. The lowest BCUT2D eigenvalue weighted by atomic mass is 10.2. The SMILES string of the molecule is CN1CCN(CCNc2ncc3ccccc3n2)CC1. The Morgan fingerprint density at radius 3 is 2.80 bits per heavy atom. The summed E-state index contributed by atoms with van der Waals surface area (Å²) in [5, 5.41) is 4.40. The minimum atomic E-state index is 0.720. The molecule has 5 nitrogen and oxygen atoms in total. The van der Waals surface area contributed by atoms with Crippen molar-refractivity contribution in [3.63, 3.8) is 0 Å². The Hall–Kier alpha value is -1.72. The van der Waals surface area contributed by atoms with E-state index >= 15 is 0 Å². The molecule has 0 atom stereocenters. The smallest absolute Gasteiger partial charge is 0.223 e. The fraction of sp³-hybridized carbons (Fsp3) is 0.467. The molecule has 2 heterocycles. The Balaban J connectivity index is 1.52. The van der Waals surface area contributed by atoms with E-state index in [0.717, 1.165) is 56.1 Å². The van der Waals surface area contributed by atoms with E-state index in [9.17, 15) is 0 Å². The van der Waals surface area contributed by atoms with Gasteiger partial charge in [-0.3, -0.25) is 4.90 Å². The van der Waals surface area contributed by atoms with Crippen LogP contribution in [-0.2, 0) is 0 Å². The lowest BCUT2D eigenvalue weighted by Gasteiger charge is -2.32. The summed E-state index contributed by atoms with van der Waals surface area (Å²) in [6.07, 6.45) is 1.88. The average molecular weight is 271 g/mol. The Bertz CT molecular complexity index is 563. The number of hydrogen-bond acceptors (Lipinski definition) is 5. The maximum absolute atomic E-state index is 4.52. The number of fused-ring (bicyclic) bond motifs is 1. The highest BCUT2D eigenvalue weighted by atomic mass is 15.3. The monoisotopic (exact) mass is 271 g/mol. The second kappa shape index (κ2) is 6.15. The summed E-state index contributed by atoms with van der Waals surface area (Å²) in [5.74, 6) is 0.720. The molecular formula is C15H21N5. The maximum atomic E-state index is 4.52. The lowest BCUT2D eigenvalue weighted by Crippen LogP contribution is -2.45. The van der Waals surface area contributed by atoms with Crippen LogP contribution in [0.5, 0.6) is 0 Å². The van der Waals surface area contributed by atoms with Crippen molar-refractivity contribution in [1.29, 1.82) is 0 Å². The molecule has 1 aliphatic rings. The summed E-state index contributed by atoms with van der Waals surface area (Å²) in [6.45, 7) is 6.55. The second-order valence-corrected chi connectivity index (χ2v) is 5.32. The van der Waals surface area contributed by atoms with Crippen LogP contribution in [0.3, 0.4) is 0 Å². The number of anilines is 1. The molecule has 20 heavy (non-hydrogen) atoms. The van der Waals surface area contributed by atoms with E-state index in [2.05, 4.69) is 32.1 Å². The number of likely N-dealkylation sites (N-methyl/N-ethyl adjacent to an activating group) is 1. The quantitative estimate of drug-likeness (QED) is 0.908. The largest absolute Gasteiger partial charge is 0.353 e. The minimum Gasteiger partial charge on any atom is -0.353 e. The number of para-hydroxylation sites is 1. The van der Waals surface area contributed by atoms with Crippen molar-refractivity contribution in [2.24, 2.45) is 0 Å². The van der Waals surface area contributed by atoms with Gasteiger partial charge in [-0.25, -0.2) is 9.97 Å². The highest BCUT2D eigenvalue weighted by Crippen LogP contribution is 2.11. The van der Waals surface area contributed by atoms with E-state index in [1.165, 1.54) is 0 Å². The van der Waals surface area contributed by atoms with Crippen LogP contribution in [0.25, 0.3) is 10.9 Å². The molecule has 0 aliphatic carbocycles. The summed E-state index contributed by atoms with van der Waals surface area (Å²) >= 11 is 0. The van der Waals surface area contributed by atoms with Gasteiger partial charge in [-0.05, 0) is 13.1 Å². The van der Waals surface area contributed by atoms with Crippen molar-refractivity contribution < 1.29 is 0 Å². The number of aromatic nitrogens is 2. The van der Waals surface area contributed by atoms with E-state index in [4.69, 9.17) is 0 Å². The molecule has 1 N–H and O–H groups in total. The zero-order chi connectivity index (χ0) is 13.8. The zero-order valence-electron chi connectivity index (χ0n) is 11.9. The Morgan fingerprint density at radius 1 is 1.15 bits per heavy atom. The van der Waals surface area contributed by atoms with Crippen molar-refractivity contribution in [2.45, 2.75) is 0 Å². The first kappa shape index (κ1) is 13.3. The normalized spacial score (nSPS) is 17.4. The van der Waals surface area contributed by atoms with Gasteiger partial charge < -0.3 is 10.2 Å². The van der Waals surface area contributed by atoms with Crippen molar-refractivity contribution in [1.82, 2.24) is 19.8 Å². The number of nitrogens with zero attached hydrogens (tertiary/aromatic N) is 4. The number of benzene rings is 1. The third kappa shape index (κ3) is 3.23. The molecule has 106 valence electrons. The average Bonchev–Trinajstić information content (AvgIpc) is 2.49. The molecule has 1 aromatic carbocycles. The van der Waals surface area contributed by atoms with Crippen LogP contribution in [0.2, 0.25) is 0 Å². The zero-order valence-corrected chi connectivity index (χ0v) is 11.9. The molecule has 1 aliphatic heterocycles. The first-order valence-corrected chi connectivity index (χ1v) is 7.18. The Kier molecular flexibility index (Phi) is 4.08. The predicted molar refractivity (Wildman–Crippen MR) is 82.0 cm³/mol. The molecule has 0 radical (unpaired) electrons. The van der Waals surface area contributed by atoms with Gasteiger partial charge in [-0.15, -0.1) is 0 Å². The highest BCUT2D eigenvalue weighted by Gasteiger charge is 2.12. The molecule has 0 amide bonds. The summed E-state index contributed by atoms with van der Waals surface area (Å²) in [6, 6.07) is 8.06. The molecule has 0 saturated carbocycles. The van der Waals surface area contributed by atoms with Crippen LogP contribution in [0.15, 0.2) is 30.5 Å². The van der Waals surface area contributed by atoms with Crippen LogP contribution in [0.1, 0.15) is 0 Å². The molecule has 2 aromatic rings. The van der Waals surface area contributed by atoms with Gasteiger partial charge in [0.2, 0.25) is 5.95 Å². The topological polar surface area (TPSA) is 44.3 Å². The van der Waals surface area contributed by atoms with Gasteiger partial charge in [0, 0.05) is 50.9 Å². The van der Waals surface area contributed by atoms with E-state index in [-0.39, 0.29) is 0 Å². The third-order valence-electron chi connectivity index (χ3n) is 3.80. The van der Waals surface area contributed by atoms with Gasteiger partial charge >= 0.3 is 0 Å². The van der Waals surface area contributed by atoms with Crippen molar-refractivity contribution in [2.75, 3.05) is 51.6 Å². The fourth-order valence-electron chi connectivity index (χ4n) is 2.45. The molecule has 1 fully saturated rings. The van der Waals surface area contributed by atoms with Gasteiger partial charge in [-0.1, -0.05) is 18.2 Å². The van der Waals surface area contributed by atoms with E-state index in [1.807, 2.05) is 30.5 Å². The highest BCUT2D eigenvalue weighted by molar-refractivity contribution is 5.78. The standard InChI is InChI=1S/C15H21N5/c1-19-8-10-20(11-9-19)7-6-16-15-17-12-13-4-2-3-5-14(13)18-15/h2-5,12H,6-11H2,1H3,(H,16,17,18). The fourth-order valence-corrected chi connectivity index (χ4v) is 2.45. The first-order valence-electron chi connectivity index (χ1n) is 7.18. The molecule has 5 heteroatoms. The molecule has 3 rings (SSSR count). The number of hydrogen-bond donors (Lipinski definition) is 1. The van der Waals surface area contributed by atoms with Crippen LogP contribution in [0, 0.1) is 0 Å². The van der Waals surface area contributed by atoms with Crippen molar-refractivity contribution >= 4 is 16.9 Å². The summed E-state index contributed by atoms with van der Waals surface area (Å²) in [5.41, 5.74) is 0.990. The predicted octanol–water partition coefficient (Wildman–Crippen LogP) is 1.29.